The van der Waals surface area contributed by atoms with E-state index in [1.165, 1.54) is 6.07 Å². The number of alkyl halides is 3. The minimum atomic E-state index is -4.39. The molecule has 1 aromatic rings. The molecule has 2 rings (SSSR count). The number of halogens is 3. The molecule has 1 aliphatic heterocycles. The van der Waals surface area contributed by atoms with Crippen molar-refractivity contribution in [2.75, 3.05) is 18.0 Å². The molecule has 1 N–H and O–H groups in total. The SMILES string of the molecule is CCN1CC(C(C)(C)O)c2c1cccc2C(F)(F)F. The Labute approximate surface area is 110 Å². The van der Waals surface area contributed by atoms with E-state index < -0.39 is 23.3 Å². The zero-order valence-electron chi connectivity index (χ0n) is 11.3. The summed E-state index contributed by atoms with van der Waals surface area (Å²) in [5.41, 5.74) is -0.998. The average Bonchev–Trinajstić information content (AvgIpc) is 2.65. The number of anilines is 1. The molecule has 19 heavy (non-hydrogen) atoms. The van der Waals surface area contributed by atoms with Crippen molar-refractivity contribution in [1.82, 2.24) is 0 Å². The molecule has 0 amide bonds. The molecule has 0 fully saturated rings. The summed E-state index contributed by atoms with van der Waals surface area (Å²) in [5, 5.41) is 10.2. The van der Waals surface area contributed by atoms with E-state index in [-0.39, 0.29) is 5.56 Å². The van der Waals surface area contributed by atoms with Gasteiger partial charge in [0.05, 0.1) is 11.2 Å². The van der Waals surface area contributed by atoms with Crippen LogP contribution in [0.3, 0.4) is 0 Å². The Bertz CT molecular complexity index is 477. The van der Waals surface area contributed by atoms with E-state index in [1.807, 2.05) is 11.8 Å². The van der Waals surface area contributed by atoms with Crippen molar-refractivity contribution < 1.29 is 18.3 Å². The molecule has 1 aromatic carbocycles. The van der Waals surface area contributed by atoms with Gasteiger partial charge in [0.2, 0.25) is 0 Å². The highest BCUT2D eigenvalue weighted by Crippen LogP contribution is 2.47. The van der Waals surface area contributed by atoms with Crippen LogP contribution in [0.1, 0.15) is 37.8 Å². The van der Waals surface area contributed by atoms with E-state index in [2.05, 4.69) is 0 Å². The largest absolute Gasteiger partial charge is 0.416 e. The number of rotatable bonds is 2. The lowest BCUT2D eigenvalue weighted by atomic mass is 9.84. The van der Waals surface area contributed by atoms with Crippen LogP contribution < -0.4 is 4.90 Å². The lowest BCUT2D eigenvalue weighted by molar-refractivity contribution is -0.138. The van der Waals surface area contributed by atoms with Crippen LogP contribution in [-0.4, -0.2) is 23.8 Å². The monoisotopic (exact) mass is 273 g/mol. The Morgan fingerprint density at radius 3 is 2.42 bits per heavy atom. The summed E-state index contributed by atoms with van der Waals surface area (Å²) in [6.45, 7) is 6.07. The van der Waals surface area contributed by atoms with Gasteiger partial charge in [-0.25, -0.2) is 0 Å². The van der Waals surface area contributed by atoms with Gasteiger partial charge in [-0.05, 0) is 38.5 Å². The molecule has 0 aliphatic carbocycles. The summed E-state index contributed by atoms with van der Waals surface area (Å²) in [7, 11) is 0. The van der Waals surface area contributed by atoms with Crippen LogP contribution >= 0.6 is 0 Å². The van der Waals surface area contributed by atoms with Gasteiger partial charge in [0.1, 0.15) is 0 Å². The van der Waals surface area contributed by atoms with Crippen LogP contribution in [0.15, 0.2) is 18.2 Å². The Morgan fingerprint density at radius 2 is 1.95 bits per heavy atom. The predicted molar refractivity (Wildman–Crippen MR) is 68.4 cm³/mol. The first-order valence-electron chi connectivity index (χ1n) is 6.33. The van der Waals surface area contributed by atoms with Crippen LogP contribution in [0.5, 0.6) is 0 Å². The van der Waals surface area contributed by atoms with Crippen molar-refractivity contribution in [3.8, 4) is 0 Å². The summed E-state index contributed by atoms with van der Waals surface area (Å²) < 4.78 is 39.4. The fraction of sp³-hybridized carbons (Fsp3) is 0.571. The van der Waals surface area contributed by atoms with Gasteiger partial charge < -0.3 is 10.0 Å². The van der Waals surface area contributed by atoms with Crippen molar-refractivity contribution in [2.24, 2.45) is 0 Å². The molecule has 0 radical (unpaired) electrons. The maximum Gasteiger partial charge on any atom is 0.416 e. The number of likely N-dealkylation sites (N-methyl/N-ethyl adjacent to an activating group) is 1. The lowest BCUT2D eigenvalue weighted by Crippen LogP contribution is -2.33. The normalized spacial score (nSPS) is 19.7. The smallest absolute Gasteiger partial charge is 0.390 e. The second kappa shape index (κ2) is 4.40. The van der Waals surface area contributed by atoms with Crippen LogP contribution in [0.25, 0.3) is 0 Å². The van der Waals surface area contributed by atoms with Crippen molar-refractivity contribution in [3.05, 3.63) is 29.3 Å². The first-order valence-corrected chi connectivity index (χ1v) is 6.33. The Hall–Kier alpha value is -1.23. The van der Waals surface area contributed by atoms with Gasteiger partial charge in [-0.15, -0.1) is 0 Å². The molecule has 1 atom stereocenters. The van der Waals surface area contributed by atoms with E-state index in [4.69, 9.17) is 0 Å². The van der Waals surface area contributed by atoms with Gasteiger partial charge in [0.15, 0.2) is 0 Å². The average molecular weight is 273 g/mol. The number of hydrogen-bond acceptors (Lipinski definition) is 2. The number of benzene rings is 1. The predicted octanol–water partition coefficient (Wildman–Crippen LogP) is 3.40. The summed E-state index contributed by atoms with van der Waals surface area (Å²) in [6, 6.07) is 4.22. The molecule has 0 saturated heterocycles. The third-order valence-electron chi connectivity index (χ3n) is 3.72. The summed E-state index contributed by atoms with van der Waals surface area (Å²) in [6.07, 6.45) is -4.39. The maximum absolute atomic E-state index is 13.1. The van der Waals surface area contributed by atoms with Crippen LogP contribution in [0.2, 0.25) is 0 Å². The molecular weight excluding hydrogens is 255 g/mol. The van der Waals surface area contributed by atoms with Crippen molar-refractivity contribution >= 4 is 5.69 Å². The van der Waals surface area contributed by atoms with Crippen LogP contribution in [0, 0.1) is 0 Å². The van der Waals surface area contributed by atoms with E-state index in [0.717, 1.165) is 6.07 Å². The van der Waals surface area contributed by atoms with Gasteiger partial charge in [-0.2, -0.15) is 13.2 Å². The van der Waals surface area contributed by atoms with Gasteiger partial charge in [0.25, 0.3) is 0 Å². The summed E-state index contributed by atoms with van der Waals surface area (Å²) in [5.74, 6) is -0.528. The molecule has 106 valence electrons. The highest BCUT2D eigenvalue weighted by atomic mass is 19.4. The van der Waals surface area contributed by atoms with Gasteiger partial charge in [0, 0.05) is 24.7 Å². The standard InChI is InChI=1S/C14H18F3NO/c1-4-18-8-10(13(2,3)19)12-9(14(15,16)17)6-5-7-11(12)18/h5-7,10,19H,4,8H2,1-3H3. The van der Waals surface area contributed by atoms with E-state index in [0.29, 0.717) is 18.8 Å². The van der Waals surface area contributed by atoms with Gasteiger partial charge in [-0.1, -0.05) is 6.07 Å². The number of aliphatic hydroxyl groups is 1. The van der Waals surface area contributed by atoms with E-state index in [1.54, 1.807) is 19.9 Å². The van der Waals surface area contributed by atoms with Crippen LogP contribution in [0.4, 0.5) is 18.9 Å². The molecular formula is C14H18F3NO. The first kappa shape index (κ1) is 14.2. The maximum atomic E-state index is 13.1. The van der Waals surface area contributed by atoms with E-state index >= 15 is 0 Å². The van der Waals surface area contributed by atoms with E-state index in [9.17, 15) is 18.3 Å². The molecule has 0 saturated carbocycles. The Kier molecular flexibility index (Phi) is 3.29. The minimum Gasteiger partial charge on any atom is -0.390 e. The third-order valence-corrected chi connectivity index (χ3v) is 3.72. The topological polar surface area (TPSA) is 23.5 Å². The van der Waals surface area contributed by atoms with Gasteiger partial charge in [-0.3, -0.25) is 0 Å². The minimum absolute atomic E-state index is 0.226. The lowest BCUT2D eigenvalue weighted by Gasteiger charge is -2.27. The third kappa shape index (κ3) is 2.43. The fourth-order valence-corrected chi connectivity index (χ4v) is 2.73. The molecule has 0 aromatic heterocycles. The molecule has 5 heteroatoms. The molecule has 0 spiro atoms. The second-order valence-corrected chi connectivity index (χ2v) is 5.48. The number of nitrogens with zero attached hydrogens (tertiary/aromatic N) is 1. The summed E-state index contributed by atoms with van der Waals surface area (Å²) >= 11 is 0. The van der Waals surface area contributed by atoms with Crippen LogP contribution in [-0.2, 0) is 6.18 Å². The van der Waals surface area contributed by atoms with Crippen molar-refractivity contribution in [3.63, 3.8) is 0 Å². The van der Waals surface area contributed by atoms with Crippen molar-refractivity contribution in [2.45, 2.75) is 38.5 Å². The highest BCUT2D eigenvalue weighted by molar-refractivity contribution is 5.64. The fourth-order valence-electron chi connectivity index (χ4n) is 2.73. The zero-order chi connectivity index (χ0) is 14.4. The second-order valence-electron chi connectivity index (χ2n) is 5.48. The molecule has 2 nitrogen and oxygen atoms in total. The molecule has 1 heterocycles. The quantitative estimate of drug-likeness (QED) is 0.892. The number of fused-ring (bicyclic) bond motifs is 1. The van der Waals surface area contributed by atoms with Crippen molar-refractivity contribution in [1.29, 1.82) is 0 Å². The Morgan fingerprint density at radius 1 is 1.32 bits per heavy atom. The summed E-state index contributed by atoms with van der Waals surface area (Å²) in [4.78, 5) is 1.88. The first-order chi connectivity index (χ1) is 8.66. The molecule has 1 unspecified atom stereocenters. The number of hydrogen-bond donors (Lipinski definition) is 1. The molecule has 1 aliphatic rings. The van der Waals surface area contributed by atoms with Gasteiger partial charge >= 0.3 is 6.18 Å². The zero-order valence-corrected chi connectivity index (χ0v) is 11.3. The highest BCUT2D eigenvalue weighted by Gasteiger charge is 2.44. The molecule has 0 bridgehead atoms. The Balaban J connectivity index is 2.63.